The maximum Gasteiger partial charge on any atom is 0.255 e. The van der Waals surface area contributed by atoms with Crippen LogP contribution in [-0.2, 0) is 24.7 Å². The molecular weight excluding hydrogens is 428 g/mol. The number of rotatable bonds is 3. The molecular formula is C17H21ClN2O6S2. The Labute approximate surface area is 169 Å². The minimum absolute atomic E-state index is 0.0126. The highest BCUT2D eigenvalue weighted by atomic mass is 35.5. The van der Waals surface area contributed by atoms with E-state index in [-0.39, 0.29) is 33.5 Å². The summed E-state index contributed by atoms with van der Waals surface area (Å²) in [6.45, 7) is 3.09. The molecule has 0 aliphatic carbocycles. The summed E-state index contributed by atoms with van der Waals surface area (Å²) in [7, 11) is -5.57. The molecule has 2 heterocycles. The Balaban J connectivity index is 1.96. The van der Waals surface area contributed by atoms with Gasteiger partial charge in [0.25, 0.3) is 5.91 Å². The van der Waals surface area contributed by atoms with Crippen molar-refractivity contribution in [3.05, 3.63) is 28.8 Å². The van der Waals surface area contributed by atoms with E-state index in [0.29, 0.717) is 10.7 Å². The highest BCUT2D eigenvalue weighted by molar-refractivity contribution is 7.94. The molecule has 2 aliphatic heterocycles. The molecule has 0 spiro atoms. The smallest absolute Gasteiger partial charge is 0.255 e. The molecule has 154 valence electrons. The van der Waals surface area contributed by atoms with Crippen LogP contribution in [0.2, 0.25) is 5.02 Å². The van der Waals surface area contributed by atoms with Crippen molar-refractivity contribution in [3.63, 3.8) is 0 Å². The Morgan fingerprint density at radius 1 is 1.25 bits per heavy atom. The molecule has 2 fully saturated rings. The van der Waals surface area contributed by atoms with Gasteiger partial charge in [-0.15, -0.1) is 0 Å². The number of hydrogen-bond acceptors (Lipinski definition) is 6. The molecule has 8 nitrogen and oxygen atoms in total. The van der Waals surface area contributed by atoms with Gasteiger partial charge in [0.1, 0.15) is 0 Å². The Bertz CT molecular complexity index is 1070. The summed E-state index contributed by atoms with van der Waals surface area (Å²) in [5.41, 5.74) is -1.02. The van der Waals surface area contributed by atoms with Gasteiger partial charge in [0, 0.05) is 13.1 Å². The average molecular weight is 449 g/mol. The summed E-state index contributed by atoms with van der Waals surface area (Å²) in [4.78, 5) is 26.8. The molecule has 3 rings (SSSR count). The molecule has 11 heteroatoms. The van der Waals surface area contributed by atoms with Gasteiger partial charge in [-0.3, -0.25) is 9.59 Å². The van der Waals surface area contributed by atoms with Crippen LogP contribution in [-0.4, -0.2) is 63.9 Å². The molecule has 1 atom stereocenters. The van der Waals surface area contributed by atoms with Crippen molar-refractivity contribution in [2.75, 3.05) is 28.6 Å². The van der Waals surface area contributed by atoms with E-state index in [1.54, 1.807) is 13.8 Å². The van der Waals surface area contributed by atoms with Crippen molar-refractivity contribution in [1.29, 1.82) is 0 Å². The SMILES string of the molecule is CN(C(=O)c1cc(N2C(=O)C(C)(C)CS2(=O)=O)ccc1Cl)C1CCS(=O)(=O)C1. The first-order valence-corrected chi connectivity index (χ1v) is 12.4. The van der Waals surface area contributed by atoms with Gasteiger partial charge >= 0.3 is 0 Å². The van der Waals surface area contributed by atoms with Crippen LogP contribution in [0.15, 0.2) is 18.2 Å². The third-order valence-corrected chi connectivity index (χ3v) is 9.18. The molecule has 2 saturated heterocycles. The fraction of sp³-hybridized carbons (Fsp3) is 0.529. The van der Waals surface area contributed by atoms with E-state index >= 15 is 0 Å². The van der Waals surface area contributed by atoms with Crippen molar-refractivity contribution in [1.82, 2.24) is 4.90 Å². The standard InChI is InChI=1S/C17H21ClN2O6S2/c1-17(2)10-28(25,26)20(16(17)22)11-4-5-14(18)13(8-11)15(21)19(3)12-6-7-27(23,24)9-12/h4-5,8,12H,6-7,9-10H2,1-3H3. The molecule has 28 heavy (non-hydrogen) atoms. The predicted molar refractivity (Wildman–Crippen MR) is 106 cm³/mol. The van der Waals surface area contributed by atoms with Crippen LogP contribution in [0.5, 0.6) is 0 Å². The van der Waals surface area contributed by atoms with Crippen LogP contribution in [0.25, 0.3) is 0 Å². The van der Waals surface area contributed by atoms with Gasteiger partial charge in [-0.1, -0.05) is 11.6 Å². The number of benzene rings is 1. The summed E-state index contributed by atoms with van der Waals surface area (Å²) in [6.07, 6.45) is 0.328. The second kappa shape index (κ2) is 6.70. The van der Waals surface area contributed by atoms with Gasteiger partial charge in [-0.05, 0) is 38.5 Å². The van der Waals surface area contributed by atoms with Gasteiger partial charge < -0.3 is 4.90 Å². The molecule has 0 saturated carbocycles. The Morgan fingerprint density at radius 3 is 2.39 bits per heavy atom. The number of carbonyl (C=O) groups excluding carboxylic acids is 2. The molecule has 2 aliphatic rings. The maximum atomic E-state index is 12.9. The maximum absolute atomic E-state index is 12.9. The van der Waals surface area contributed by atoms with E-state index in [1.807, 2.05) is 0 Å². The first-order chi connectivity index (χ1) is 12.8. The number of carbonyl (C=O) groups is 2. The summed E-state index contributed by atoms with van der Waals surface area (Å²) in [6, 6.07) is 3.52. The molecule has 1 unspecified atom stereocenters. The lowest BCUT2D eigenvalue weighted by Gasteiger charge is -2.25. The third kappa shape index (κ3) is 3.65. The second-order valence-electron chi connectivity index (χ2n) is 7.85. The Hall–Kier alpha value is -1.65. The third-order valence-electron chi connectivity index (χ3n) is 5.08. The van der Waals surface area contributed by atoms with Gasteiger partial charge in [0.15, 0.2) is 9.84 Å². The van der Waals surface area contributed by atoms with Crippen molar-refractivity contribution < 1.29 is 26.4 Å². The van der Waals surface area contributed by atoms with E-state index < -0.39 is 43.1 Å². The number of amides is 2. The van der Waals surface area contributed by atoms with E-state index in [2.05, 4.69) is 0 Å². The monoisotopic (exact) mass is 448 g/mol. The molecule has 0 aromatic heterocycles. The van der Waals surface area contributed by atoms with Crippen molar-refractivity contribution in [2.45, 2.75) is 26.3 Å². The van der Waals surface area contributed by atoms with Gasteiger partial charge in [-0.25, -0.2) is 21.1 Å². The Kier molecular flexibility index (Phi) is 5.04. The van der Waals surface area contributed by atoms with Gasteiger partial charge in [-0.2, -0.15) is 0 Å². The zero-order valence-corrected chi connectivity index (χ0v) is 18.1. The molecule has 0 radical (unpaired) electrons. The Morgan fingerprint density at radius 2 is 1.89 bits per heavy atom. The minimum Gasteiger partial charge on any atom is -0.338 e. The number of hydrogen-bond donors (Lipinski definition) is 0. The fourth-order valence-corrected chi connectivity index (χ4v) is 7.57. The number of sulfone groups is 1. The van der Waals surface area contributed by atoms with Crippen LogP contribution in [0.1, 0.15) is 30.6 Å². The van der Waals surface area contributed by atoms with Gasteiger partial charge in [0.2, 0.25) is 15.9 Å². The lowest BCUT2D eigenvalue weighted by Crippen LogP contribution is -2.38. The van der Waals surface area contributed by atoms with Crippen LogP contribution in [0.3, 0.4) is 0 Å². The van der Waals surface area contributed by atoms with Crippen LogP contribution >= 0.6 is 11.6 Å². The molecule has 0 bridgehead atoms. The van der Waals surface area contributed by atoms with E-state index in [4.69, 9.17) is 11.6 Å². The number of sulfonamides is 1. The molecule has 1 aromatic rings. The number of nitrogens with zero attached hydrogens (tertiary/aromatic N) is 2. The second-order valence-corrected chi connectivity index (χ2v) is 12.3. The first kappa shape index (κ1) is 21.1. The zero-order valence-electron chi connectivity index (χ0n) is 15.7. The van der Waals surface area contributed by atoms with Crippen LogP contribution in [0, 0.1) is 5.41 Å². The summed E-state index contributed by atoms with van der Waals surface area (Å²) < 4.78 is 49.1. The van der Waals surface area contributed by atoms with E-state index in [1.165, 1.54) is 30.1 Å². The average Bonchev–Trinajstić information content (AvgIpc) is 3.00. The largest absolute Gasteiger partial charge is 0.338 e. The van der Waals surface area contributed by atoms with E-state index in [9.17, 15) is 26.4 Å². The van der Waals surface area contributed by atoms with Crippen molar-refractivity contribution in [3.8, 4) is 0 Å². The van der Waals surface area contributed by atoms with E-state index in [0.717, 1.165) is 0 Å². The van der Waals surface area contributed by atoms with Crippen molar-refractivity contribution >= 4 is 49.0 Å². The van der Waals surface area contributed by atoms with Crippen LogP contribution in [0.4, 0.5) is 5.69 Å². The fourth-order valence-electron chi connectivity index (χ4n) is 3.50. The quantitative estimate of drug-likeness (QED) is 0.689. The van der Waals surface area contributed by atoms with Crippen molar-refractivity contribution in [2.24, 2.45) is 5.41 Å². The lowest BCUT2D eigenvalue weighted by atomic mass is 9.95. The topological polar surface area (TPSA) is 109 Å². The normalized spacial score (nSPS) is 25.1. The highest BCUT2D eigenvalue weighted by Crippen LogP contribution is 2.37. The number of anilines is 1. The number of halogens is 1. The summed E-state index contributed by atoms with van der Waals surface area (Å²) in [5, 5.41) is 0.0877. The predicted octanol–water partition coefficient (Wildman–Crippen LogP) is 1.30. The van der Waals surface area contributed by atoms with Crippen LogP contribution < -0.4 is 4.31 Å². The van der Waals surface area contributed by atoms with Gasteiger partial charge in [0.05, 0.1) is 38.9 Å². The first-order valence-electron chi connectivity index (χ1n) is 8.60. The lowest BCUT2D eigenvalue weighted by molar-refractivity contribution is -0.123. The molecule has 2 amide bonds. The zero-order chi connectivity index (χ0) is 21.1. The highest BCUT2D eigenvalue weighted by Gasteiger charge is 2.50. The molecule has 1 aromatic carbocycles. The summed E-state index contributed by atoms with van der Waals surface area (Å²) >= 11 is 6.15. The molecule has 0 N–H and O–H groups in total. The minimum atomic E-state index is -3.87. The summed E-state index contributed by atoms with van der Waals surface area (Å²) in [5.74, 6) is -1.55.